The topological polar surface area (TPSA) is 85.3 Å². The van der Waals surface area contributed by atoms with E-state index in [9.17, 15) is 14.7 Å². The summed E-state index contributed by atoms with van der Waals surface area (Å²) >= 11 is 0. The van der Waals surface area contributed by atoms with Crippen molar-refractivity contribution in [3.05, 3.63) is 64.5 Å². The molecule has 4 aromatic rings. The monoisotopic (exact) mass is 476 g/mol. The molecule has 30 heavy (non-hydrogen) atoms. The van der Waals surface area contributed by atoms with Crippen LogP contribution >= 0.6 is 0 Å². The van der Waals surface area contributed by atoms with Crippen molar-refractivity contribution in [2.24, 2.45) is 0 Å². The molecule has 6 nitrogen and oxygen atoms in total. The Bertz CT molecular complexity index is 1300. The van der Waals surface area contributed by atoms with Crippen LogP contribution in [-0.4, -0.2) is 20.6 Å². The number of carboxylic acid groups (broad SMARTS) is 1. The van der Waals surface area contributed by atoms with Crippen molar-refractivity contribution in [2.75, 3.05) is 0 Å². The average Bonchev–Trinajstić information content (AvgIpc) is 3.13. The van der Waals surface area contributed by atoms with Crippen molar-refractivity contribution >= 4 is 28.0 Å². The molecule has 7 heteroatoms. The maximum atomic E-state index is 12.3. The Morgan fingerprint density at radius 3 is 2.70 bits per heavy atom. The van der Waals surface area contributed by atoms with Gasteiger partial charge < -0.3 is 18.9 Å². The molecule has 1 aliphatic rings. The van der Waals surface area contributed by atoms with E-state index in [2.05, 4.69) is 10.8 Å². The Labute approximate surface area is 197 Å². The normalized spacial score (nSPS) is 14.7. The molecule has 1 aliphatic carbocycles. The third-order valence-electron chi connectivity index (χ3n) is 5.74. The third kappa shape index (κ3) is 3.63. The minimum Gasteiger partial charge on any atom is -0.581 e. The smallest absolute Gasteiger partial charge is 0.335 e. The Kier molecular flexibility index (Phi) is 5.89. The van der Waals surface area contributed by atoms with Crippen LogP contribution in [-0.2, 0) is 32.7 Å². The molecule has 2 aromatic carbocycles. The van der Waals surface area contributed by atoms with Gasteiger partial charge in [0.2, 0.25) is 0 Å². The van der Waals surface area contributed by atoms with Gasteiger partial charge in [-0.1, -0.05) is 43.5 Å². The Morgan fingerprint density at radius 2 is 1.93 bits per heavy atom. The van der Waals surface area contributed by atoms with Crippen LogP contribution in [0.25, 0.3) is 33.4 Å². The number of nitrogens with zero attached hydrogens (tertiary/aromatic N) is 2. The van der Waals surface area contributed by atoms with Crippen molar-refractivity contribution in [3.63, 3.8) is 0 Å². The van der Waals surface area contributed by atoms with Crippen LogP contribution in [0, 0.1) is 6.26 Å². The molecule has 2 heterocycles. The summed E-state index contributed by atoms with van der Waals surface area (Å²) < 4.78 is 7.53. The van der Waals surface area contributed by atoms with E-state index in [4.69, 9.17) is 9.40 Å². The maximum absolute atomic E-state index is 12.3. The molecule has 149 valence electrons. The molecule has 0 unspecified atom stereocenters. The molecule has 0 amide bonds. The number of carboxylic acids is 1. The fourth-order valence-corrected chi connectivity index (χ4v) is 4.32. The van der Waals surface area contributed by atoms with Gasteiger partial charge in [0.05, 0.1) is 22.0 Å². The molecule has 0 spiro atoms. The van der Waals surface area contributed by atoms with E-state index in [1.54, 1.807) is 24.3 Å². The van der Waals surface area contributed by atoms with Gasteiger partial charge in [0.1, 0.15) is 5.82 Å². The number of rotatable bonds is 3. The molecule has 0 atom stereocenters. The number of benzene rings is 2. The first-order valence-electron chi connectivity index (χ1n) is 9.81. The van der Waals surface area contributed by atoms with Gasteiger partial charge in [-0.05, 0) is 42.7 Å². The zero-order chi connectivity index (χ0) is 20.0. The number of aromatic carboxylic acids is 1. The number of hydrogen-bond donors (Lipinski definition) is 1. The van der Waals surface area contributed by atoms with Crippen LogP contribution in [0.2, 0.25) is 0 Å². The number of hydrogen-bond acceptors (Lipinski definition) is 4. The molecule has 0 bridgehead atoms. The summed E-state index contributed by atoms with van der Waals surface area (Å²) in [6.07, 6.45) is 8.17. The summed E-state index contributed by atoms with van der Waals surface area (Å²) in [7, 11) is 0. The molecule has 2 aromatic heterocycles. The Hall–Kier alpha value is -2.31. The SMILES string of the molecule is O=C(O)c1ccc2c(c1)nc(-c1ccc3o[c-]cc(=O)c3c1)n2C1CCCCC1.[Y]. The minimum absolute atomic E-state index is 0. The van der Waals surface area contributed by atoms with E-state index in [0.29, 0.717) is 22.5 Å². The van der Waals surface area contributed by atoms with E-state index >= 15 is 0 Å². The van der Waals surface area contributed by atoms with Gasteiger partial charge in [0.25, 0.3) is 0 Å². The second-order valence-electron chi connectivity index (χ2n) is 7.55. The van der Waals surface area contributed by atoms with Gasteiger partial charge in [-0.25, -0.2) is 9.78 Å². The van der Waals surface area contributed by atoms with E-state index < -0.39 is 5.97 Å². The molecule has 1 radical (unpaired) electrons. The van der Waals surface area contributed by atoms with Gasteiger partial charge in [0, 0.05) is 49.9 Å². The van der Waals surface area contributed by atoms with Gasteiger partial charge in [-0.2, -0.15) is 0 Å². The van der Waals surface area contributed by atoms with Gasteiger partial charge in [-0.15, -0.1) is 0 Å². The second-order valence-corrected chi connectivity index (χ2v) is 7.55. The molecule has 5 rings (SSSR count). The quantitative estimate of drug-likeness (QED) is 0.429. The van der Waals surface area contributed by atoms with Crippen molar-refractivity contribution in [3.8, 4) is 11.4 Å². The van der Waals surface area contributed by atoms with E-state index in [-0.39, 0.29) is 43.7 Å². The fourth-order valence-electron chi connectivity index (χ4n) is 4.32. The summed E-state index contributed by atoms with van der Waals surface area (Å²) in [5.41, 5.74) is 2.93. The van der Waals surface area contributed by atoms with Crippen molar-refractivity contribution < 1.29 is 47.0 Å². The van der Waals surface area contributed by atoms with Crippen molar-refractivity contribution in [1.82, 2.24) is 9.55 Å². The standard InChI is InChI=1S/C23H19N2O4.Y/c26-20-10-11-29-21-9-7-14(12-17(20)21)22-24-18-13-15(23(27)28)6-8-19(18)25(22)16-4-2-1-3-5-16;/h6-10,12-13,16H,1-5H2,(H,27,28);/q-1;. The first kappa shape index (κ1) is 20.9. The Balaban J connectivity index is 0.00000218. The molecule has 0 aliphatic heterocycles. The first-order chi connectivity index (χ1) is 14.1. The van der Waals surface area contributed by atoms with Gasteiger partial charge in [0.15, 0.2) is 0 Å². The van der Waals surface area contributed by atoms with Crippen LogP contribution in [0.4, 0.5) is 0 Å². The Morgan fingerprint density at radius 1 is 1.13 bits per heavy atom. The van der Waals surface area contributed by atoms with Crippen LogP contribution in [0.3, 0.4) is 0 Å². The summed E-state index contributed by atoms with van der Waals surface area (Å²) in [5, 5.41) is 9.83. The van der Waals surface area contributed by atoms with Crippen LogP contribution in [0.1, 0.15) is 48.5 Å². The van der Waals surface area contributed by atoms with E-state index in [1.807, 2.05) is 12.1 Å². The zero-order valence-electron chi connectivity index (χ0n) is 16.3. The maximum Gasteiger partial charge on any atom is 0.335 e. The number of imidazole rings is 1. The fraction of sp³-hybridized carbons (Fsp3) is 0.261. The van der Waals surface area contributed by atoms with E-state index in [0.717, 1.165) is 42.6 Å². The van der Waals surface area contributed by atoms with Gasteiger partial charge in [-0.3, -0.25) is 0 Å². The third-order valence-corrected chi connectivity index (χ3v) is 5.74. The largest absolute Gasteiger partial charge is 0.581 e. The van der Waals surface area contributed by atoms with Crippen LogP contribution in [0.5, 0.6) is 0 Å². The second kappa shape index (κ2) is 8.44. The number of carbonyl (C=O) groups is 1. The zero-order valence-corrected chi connectivity index (χ0v) is 19.1. The minimum atomic E-state index is -0.972. The number of aromatic nitrogens is 2. The summed E-state index contributed by atoms with van der Waals surface area (Å²) in [6.45, 7) is 0. The van der Waals surface area contributed by atoms with Crippen molar-refractivity contribution in [1.29, 1.82) is 0 Å². The molecule has 1 saturated carbocycles. The van der Waals surface area contributed by atoms with Crippen LogP contribution < -0.4 is 5.43 Å². The van der Waals surface area contributed by atoms with E-state index in [1.165, 1.54) is 12.5 Å². The molecule has 1 fully saturated rings. The summed E-state index contributed by atoms with van der Waals surface area (Å²) in [4.78, 5) is 28.5. The predicted molar refractivity (Wildman–Crippen MR) is 109 cm³/mol. The predicted octanol–water partition coefficient (Wildman–Crippen LogP) is 4.81. The molecular formula is C23H19N2O4Y-. The first-order valence-corrected chi connectivity index (χ1v) is 9.81. The molecule has 1 N–H and O–H groups in total. The van der Waals surface area contributed by atoms with Gasteiger partial charge >= 0.3 is 5.97 Å². The average molecular weight is 476 g/mol. The summed E-state index contributed by atoms with van der Waals surface area (Å²) in [5.74, 6) is -0.219. The van der Waals surface area contributed by atoms with Crippen LogP contribution in [0.15, 0.2) is 51.7 Å². The molecule has 0 saturated heterocycles. The van der Waals surface area contributed by atoms with Crippen molar-refractivity contribution in [2.45, 2.75) is 38.1 Å². The number of fused-ring (bicyclic) bond motifs is 2. The summed E-state index contributed by atoms with van der Waals surface area (Å²) in [6, 6.07) is 12.1. The molecular weight excluding hydrogens is 457 g/mol.